The van der Waals surface area contributed by atoms with E-state index in [1.165, 1.54) is 18.3 Å². The molecule has 0 aromatic carbocycles. The summed E-state index contributed by atoms with van der Waals surface area (Å²) in [5, 5.41) is 8.84. The van der Waals surface area contributed by atoms with Crippen LogP contribution in [-0.4, -0.2) is 29.1 Å². The Labute approximate surface area is 94.2 Å². The van der Waals surface area contributed by atoms with Crippen molar-refractivity contribution in [3.63, 3.8) is 0 Å². The van der Waals surface area contributed by atoms with Crippen molar-refractivity contribution in [3.05, 3.63) is 36.5 Å². The van der Waals surface area contributed by atoms with Crippen LogP contribution in [0.3, 0.4) is 0 Å². The first-order chi connectivity index (χ1) is 7.69. The molecular formula is C12H12N2O2. The van der Waals surface area contributed by atoms with Crippen LogP contribution in [0.4, 0.5) is 5.82 Å². The molecule has 0 bridgehead atoms. The molecule has 4 nitrogen and oxygen atoms in total. The van der Waals surface area contributed by atoms with Gasteiger partial charge in [0.05, 0.1) is 12.1 Å². The molecule has 0 unspecified atom stereocenters. The van der Waals surface area contributed by atoms with Gasteiger partial charge in [-0.25, -0.2) is 9.78 Å². The summed E-state index contributed by atoms with van der Waals surface area (Å²) in [7, 11) is 0. The summed E-state index contributed by atoms with van der Waals surface area (Å²) in [4.78, 5) is 16.6. The topological polar surface area (TPSA) is 53.4 Å². The van der Waals surface area contributed by atoms with Crippen molar-refractivity contribution in [1.29, 1.82) is 0 Å². The molecule has 16 heavy (non-hydrogen) atoms. The van der Waals surface area contributed by atoms with E-state index in [0.29, 0.717) is 18.9 Å². The van der Waals surface area contributed by atoms with Crippen LogP contribution >= 0.6 is 0 Å². The Morgan fingerprint density at radius 3 is 3.06 bits per heavy atom. The molecule has 1 aromatic rings. The maximum Gasteiger partial charge on any atom is 0.335 e. The van der Waals surface area contributed by atoms with E-state index < -0.39 is 5.97 Å². The highest BCUT2D eigenvalue weighted by Gasteiger charge is 2.08. The Balaban J connectivity index is 3.00. The maximum atomic E-state index is 10.8. The summed E-state index contributed by atoms with van der Waals surface area (Å²) >= 11 is 0. The molecule has 0 radical (unpaired) electrons. The summed E-state index contributed by atoms with van der Waals surface area (Å²) in [6.45, 7) is 4.50. The number of hydrogen-bond donors (Lipinski definition) is 1. The smallest absolute Gasteiger partial charge is 0.335 e. The van der Waals surface area contributed by atoms with Crippen LogP contribution in [0, 0.1) is 12.3 Å². The van der Waals surface area contributed by atoms with Crippen LogP contribution in [0.1, 0.15) is 10.4 Å². The molecular weight excluding hydrogens is 204 g/mol. The van der Waals surface area contributed by atoms with Crippen molar-refractivity contribution in [1.82, 2.24) is 4.98 Å². The first-order valence-corrected chi connectivity index (χ1v) is 4.67. The van der Waals surface area contributed by atoms with E-state index >= 15 is 0 Å². The number of carboxylic acid groups (broad SMARTS) is 1. The molecule has 0 aliphatic heterocycles. The fourth-order valence-electron chi connectivity index (χ4n) is 1.23. The molecule has 0 saturated heterocycles. The summed E-state index contributed by atoms with van der Waals surface area (Å²) < 4.78 is 0. The fraction of sp³-hybridized carbons (Fsp3) is 0.167. The van der Waals surface area contributed by atoms with Gasteiger partial charge in [0.15, 0.2) is 0 Å². The normalized spacial score (nSPS) is 9.19. The van der Waals surface area contributed by atoms with Crippen LogP contribution in [0.2, 0.25) is 0 Å². The predicted octanol–water partition coefficient (Wildman–Crippen LogP) is 1.41. The molecule has 0 spiro atoms. The first kappa shape index (κ1) is 11.8. The molecule has 0 fully saturated rings. The predicted molar refractivity (Wildman–Crippen MR) is 62.4 cm³/mol. The van der Waals surface area contributed by atoms with Gasteiger partial charge in [0.2, 0.25) is 0 Å². The number of pyridine rings is 1. The van der Waals surface area contributed by atoms with Crippen LogP contribution in [0.15, 0.2) is 31.0 Å². The molecule has 1 aromatic heterocycles. The Bertz CT molecular complexity index is 435. The van der Waals surface area contributed by atoms with Crippen molar-refractivity contribution < 1.29 is 9.90 Å². The molecule has 82 valence electrons. The second-order valence-electron chi connectivity index (χ2n) is 3.08. The monoisotopic (exact) mass is 216 g/mol. The van der Waals surface area contributed by atoms with Gasteiger partial charge < -0.3 is 10.0 Å². The van der Waals surface area contributed by atoms with E-state index in [-0.39, 0.29) is 5.56 Å². The van der Waals surface area contributed by atoms with Crippen molar-refractivity contribution in [2.75, 3.05) is 18.0 Å². The zero-order valence-electron chi connectivity index (χ0n) is 8.76. The number of carbonyl (C=O) groups is 1. The minimum absolute atomic E-state index is 0.191. The molecule has 0 atom stereocenters. The average molecular weight is 216 g/mol. The number of carboxylic acids is 1. The van der Waals surface area contributed by atoms with Crippen molar-refractivity contribution in [3.8, 4) is 12.3 Å². The highest BCUT2D eigenvalue weighted by molar-refractivity contribution is 5.88. The fourth-order valence-corrected chi connectivity index (χ4v) is 1.23. The number of aromatic carboxylic acids is 1. The van der Waals surface area contributed by atoms with Crippen LogP contribution in [0.25, 0.3) is 0 Å². The van der Waals surface area contributed by atoms with Gasteiger partial charge in [-0.2, -0.15) is 0 Å². The van der Waals surface area contributed by atoms with Crippen molar-refractivity contribution >= 4 is 11.8 Å². The molecule has 1 rings (SSSR count). The number of rotatable bonds is 5. The van der Waals surface area contributed by atoms with Gasteiger partial charge in [-0.05, 0) is 12.1 Å². The quantitative estimate of drug-likeness (QED) is 0.597. The number of hydrogen-bond acceptors (Lipinski definition) is 3. The highest BCUT2D eigenvalue weighted by Crippen LogP contribution is 2.12. The molecule has 0 saturated carbocycles. The second-order valence-corrected chi connectivity index (χ2v) is 3.08. The Morgan fingerprint density at radius 2 is 2.50 bits per heavy atom. The lowest BCUT2D eigenvalue weighted by atomic mass is 10.2. The van der Waals surface area contributed by atoms with Gasteiger partial charge in [0.25, 0.3) is 0 Å². The number of aromatic nitrogens is 1. The molecule has 0 aliphatic rings. The third-order valence-electron chi connectivity index (χ3n) is 1.95. The molecule has 1 N–H and O–H groups in total. The van der Waals surface area contributed by atoms with E-state index in [1.807, 2.05) is 0 Å². The summed E-state index contributed by atoms with van der Waals surface area (Å²) in [6.07, 6.45) is 8.36. The second kappa shape index (κ2) is 5.56. The molecule has 4 heteroatoms. The third-order valence-corrected chi connectivity index (χ3v) is 1.95. The maximum absolute atomic E-state index is 10.8. The molecule has 0 amide bonds. The van der Waals surface area contributed by atoms with Gasteiger partial charge >= 0.3 is 5.97 Å². The Morgan fingerprint density at radius 1 is 1.75 bits per heavy atom. The summed E-state index contributed by atoms with van der Waals surface area (Å²) in [5.41, 5.74) is 0.191. The number of nitrogens with zero attached hydrogens (tertiary/aromatic N) is 2. The van der Waals surface area contributed by atoms with Crippen molar-refractivity contribution in [2.45, 2.75) is 0 Å². The standard InChI is InChI=1S/C12H12N2O2/c1-3-7-14(8-4-2)11-9-10(12(15)16)5-6-13-11/h1,4-6,9H,2,7-8H2,(H,15,16). The zero-order valence-corrected chi connectivity index (χ0v) is 8.76. The number of terminal acetylenes is 1. The third kappa shape index (κ3) is 2.85. The van der Waals surface area contributed by atoms with E-state index in [0.717, 1.165) is 0 Å². The average Bonchev–Trinajstić information content (AvgIpc) is 2.29. The Kier molecular flexibility index (Phi) is 4.10. The van der Waals surface area contributed by atoms with Gasteiger partial charge in [0, 0.05) is 12.7 Å². The van der Waals surface area contributed by atoms with Gasteiger partial charge in [-0.1, -0.05) is 12.0 Å². The Hall–Kier alpha value is -2.28. The van der Waals surface area contributed by atoms with Crippen LogP contribution in [-0.2, 0) is 0 Å². The lowest BCUT2D eigenvalue weighted by Gasteiger charge is -2.19. The minimum atomic E-state index is -0.983. The van der Waals surface area contributed by atoms with Crippen LogP contribution in [0.5, 0.6) is 0 Å². The highest BCUT2D eigenvalue weighted by atomic mass is 16.4. The molecule has 0 aliphatic carbocycles. The minimum Gasteiger partial charge on any atom is -0.478 e. The largest absolute Gasteiger partial charge is 0.478 e. The van der Waals surface area contributed by atoms with E-state index in [1.54, 1.807) is 11.0 Å². The summed E-state index contributed by atoms with van der Waals surface area (Å²) in [6, 6.07) is 2.93. The van der Waals surface area contributed by atoms with Gasteiger partial charge in [0.1, 0.15) is 5.82 Å². The van der Waals surface area contributed by atoms with Crippen LogP contribution < -0.4 is 4.90 Å². The lowest BCUT2D eigenvalue weighted by molar-refractivity contribution is 0.0697. The van der Waals surface area contributed by atoms with Gasteiger partial charge in [-0.15, -0.1) is 13.0 Å². The van der Waals surface area contributed by atoms with Crippen molar-refractivity contribution in [2.24, 2.45) is 0 Å². The first-order valence-electron chi connectivity index (χ1n) is 4.67. The van der Waals surface area contributed by atoms with E-state index in [9.17, 15) is 4.79 Å². The lowest BCUT2D eigenvalue weighted by Crippen LogP contribution is -2.24. The SMILES string of the molecule is C#CCN(CC=C)c1cc(C(=O)O)ccn1. The van der Waals surface area contributed by atoms with E-state index in [2.05, 4.69) is 17.5 Å². The summed E-state index contributed by atoms with van der Waals surface area (Å²) in [5.74, 6) is 2.05. The van der Waals surface area contributed by atoms with Gasteiger partial charge in [-0.3, -0.25) is 0 Å². The molecule has 1 heterocycles. The zero-order chi connectivity index (χ0) is 12.0. The van der Waals surface area contributed by atoms with E-state index in [4.69, 9.17) is 11.5 Å². The number of anilines is 1.